The van der Waals surface area contributed by atoms with Gasteiger partial charge in [-0.25, -0.2) is 0 Å². The van der Waals surface area contributed by atoms with Gasteiger partial charge in [0.1, 0.15) is 0 Å². The monoisotopic (exact) mass is 221 g/mol. The van der Waals surface area contributed by atoms with Crippen molar-refractivity contribution in [3.63, 3.8) is 0 Å². The van der Waals surface area contributed by atoms with Gasteiger partial charge in [0.2, 0.25) is 0 Å². The van der Waals surface area contributed by atoms with E-state index in [1.807, 2.05) is 13.0 Å². The highest BCUT2D eigenvalue weighted by Gasteiger charge is 2.15. The van der Waals surface area contributed by atoms with Crippen LogP contribution in [0.5, 0.6) is 0 Å². The van der Waals surface area contributed by atoms with Crippen molar-refractivity contribution in [2.45, 2.75) is 19.8 Å². The maximum absolute atomic E-state index is 11.8. The molecule has 2 heterocycles. The van der Waals surface area contributed by atoms with Crippen molar-refractivity contribution in [3.8, 4) is 0 Å². The molecule has 0 aliphatic carbocycles. The summed E-state index contributed by atoms with van der Waals surface area (Å²) >= 11 is 0. The zero-order valence-corrected chi connectivity index (χ0v) is 9.68. The van der Waals surface area contributed by atoms with Crippen LogP contribution in [0.15, 0.2) is 12.3 Å². The van der Waals surface area contributed by atoms with Gasteiger partial charge in [-0.15, -0.1) is 0 Å². The zero-order valence-electron chi connectivity index (χ0n) is 9.68. The molecule has 0 aromatic carbocycles. The maximum atomic E-state index is 11.8. The fourth-order valence-electron chi connectivity index (χ4n) is 2.14. The molecule has 4 heteroatoms. The second-order valence-electron chi connectivity index (χ2n) is 4.42. The molecular weight excluding hydrogens is 202 g/mol. The largest absolute Gasteiger partial charge is 0.365 e. The molecule has 1 aromatic rings. The van der Waals surface area contributed by atoms with Crippen LogP contribution in [0.3, 0.4) is 0 Å². The normalized spacial score (nSPS) is 19.9. The second-order valence-corrected chi connectivity index (χ2v) is 4.42. The molecule has 88 valence electrons. The Morgan fingerprint density at radius 2 is 2.50 bits per heavy atom. The van der Waals surface area contributed by atoms with Crippen LogP contribution in [-0.2, 0) is 0 Å². The van der Waals surface area contributed by atoms with E-state index < -0.39 is 0 Å². The lowest BCUT2D eigenvalue weighted by Crippen LogP contribution is -2.26. The molecule has 1 unspecified atom stereocenters. The lowest BCUT2D eigenvalue weighted by atomic mass is 10.1. The van der Waals surface area contributed by atoms with Gasteiger partial charge in [-0.3, -0.25) is 4.79 Å². The molecule has 1 amide bonds. The summed E-state index contributed by atoms with van der Waals surface area (Å²) < 4.78 is 0. The highest BCUT2D eigenvalue weighted by atomic mass is 16.1. The van der Waals surface area contributed by atoms with E-state index in [0.717, 1.165) is 43.2 Å². The molecule has 1 fully saturated rings. The number of nitrogens with one attached hydrogen (secondary N) is 3. The highest BCUT2D eigenvalue weighted by Crippen LogP contribution is 2.11. The van der Waals surface area contributed by atoms with E-state index in [1.54, 1.807) is 6.20 Å². The number of hydrogen-bond acceptors (Lipinski definition) is 2. The molecule has 1 aromatic heterocycles. The fraction of sp³-hybridized carbons (Fsp3) is 0.583. The van der Waals surface area contributed by atoms with Gasteiger partial charge in [0.25, 0.3) is 5.91 Å². The van der Waals surface area contributed by atoms with Crippen molar-refractivity contribution in [3.05, 3.63) is 23.5 Å². The molecule has 1 aliphatic heterocycles. The average Bonchev–Trinajstić information content (AvgIpc) is 2.88. The van der Waals surface area contributed by atoms with Crippen LogP contribution in [0.1, 0.15) is 28.9 Å². The number of aromatic nitrogens is 1. The van der Waals surface area contributed by atoms with Crippen molar-refractivity contribution >= 4 is 5.91 Å². The van der Waals surface area contributed by atoms with Gasteiger partial charge in [0.05, 0.1) is 5.56 Å². The number of rotatable bonds is 4. The molecule has 1 aliphatic rings. The Hall–Kier alpha value is -1.29. The smallest absolute Gasteiger partial charge is 0.253 e. The van der Waals surface area contributed by atoms with Crippen molar-refractivity contribution in [1.29, 1.82) is 0 Å². The van der Waals surface area contributed by atoms with Crippen molar-refractivity contribution in [2.75, 3.05) is 19.6 Å². The third kappa shape index (κ3) is 2.64. The van der Waals surface area contributed by atoms with Crippen molar-refractivity contribution in [2.24, 2.45) is 5.92 Å². The number of carbonyl (C=O) groups is 1. The topological polar surface area (TPSA) is 56.9 Å². The molecule has 16 heavy (non-hydrogen) atoms. The summed E-state index contributed by atoms with van der Waals surface area (Å²) in [4.78, 5) is 14.8. The third-order valence-corrected chi connectivity index (χ3v) is 3.20. The van der Waals surface area contributed by atoms with Gasteiger partial charge in [-0.05, 0) is 44.8 Å². The first-order valence-electron chi connectivity index (χ1n) is 5.90. The van der Waals surface area contributed by atoms with Gasteiger partial charge in [0.15, 0.2) is 0 Å². The number of amides is 1. The Kier molecular flexibility index (Phi) is 3.62. The minimum absolute atomic E-state index is 0.0321. The SMILES string of the molecule is Cc1[nH]ccc1C(=O)NCCC1CCNC1. The molecule has 2 rings (SSSR count). The Morgan fingerprint density at radius 1 is 1.62 bits per heavy atom. The van der Waals surface area contributed by atoms with E-state index in [1.165, 1.54) is 6.42 Å². The summed E-state index contributed by atoms with van der Waals surface area (Å²) in [5, 5.41) is 6.30. The summed E-state index contributed by atoms with van der Waals surface area (Å²) in [6.45, 7) is 4.90. The van der Waals surface area contributed by atoms with Gasteiger partial charge >= 0.3 is 0 Å². The molecule has 1 saturated heterocycles. The third-order valence-electron chi connectivity index (χ3n) is 3.20. The summed E-state index contributed by atoms with van der Waals surface area (Å²) in [6, 6.07) is 1.82. The van der Waals surface area contributed by atoms with Gasteiger partial charge < -0.3 is 15.6 Å². The zero-order chi connectivity index (χ0) is 11.4. The number of aromatic amines is 1. The highest BCUT2D eigenvalue weighted by molar-refractivity contribution is 5.95. The summed E-state index contributed by atoms with van der Waals surface area (Å²) in [6.07, 6.45) is 4.10. The summed E-state index contributed by atoms with van der Waals surface area (Å²) in [5.41, 5.74) is 1.68. The molecule has 3 N–H and O–H groups in total. The minimum Gasteiger partial charge on any atom is -0.365 e. The van der Waals surface area contributed by atoms with Crippen LogP contribution < -0.4 is 10.6 Å². The molecular formula is C12H19N3O. The number of carbonyl (C=O) groups excluding carboxylic acids is 1. The van der Waals surface area contributed by atoms with E-state index in [2.05, 4.69) is 15.6 Å². The van der Waals surface area contributed by atoms with Crippen molar-refractivity contribution < 1.29 is 4.79 Å². The lowest BCUT2D eigenvalue weighted by Gasteiger charge is -2.09. The van der Waals surface area contributed by atoms with Crippen LogP contribution in [0.25, 0.3) is 0 Å². The van der Waals surface area contributed by atoms with Gasteiger partial charge in [-0.2, -0.15) is 0 Å². The molecule has 0 bridgehead atoms. The Labute approximate surface area is 95.8 Å². The molecule has 0 radical (unpaired) electrons. The summed E-state index contributed by atoms with van der Waals surface area (Å²) in [7, 11) is 0. The molecule has 4 nitrogen and oxygen atoms in total. The van der Waals surface area contributed by atoms with Gasteiger partial charge in [-0.1, -0.05) is 0 Å². The van der Waals surface area contributed by atoms with E-state index >= 15 is 0 Å². The molecule has 0 spiro atoms. The van der Waals surface area contributed by atoms with E-state index in [9.17, 15) is 4.79 Å². The van der Waals surface area contributed by atoms with Gasteiger partial charge in [0, 0.05) is 18.4 Å². The van der Waals surface area contributed by atoms with E-state index in [4.69, 9.17) is 0 Å². The minimum atomic E-state index is 0.0321. The molecule has 0 saturated carbocycles. The van der Waals surface area contributed by atoms with Crippen LogP contribution in [-0.4, -0.2) is 30.5 Å². The summed E-state index contributed by atoms with van der Waals surface area (Å²) in [5.74, 6) is 0.761. The number of aryl methyl sites for hydroxylation is 1. The first-order chi connectivity index (χ1) is 7.77. The first-order valence-corrected chi connectivity index (χ1v) is 5.90. The maximum Gasteiger partial charge on any atom is 0.253 e. The van der Waals surface area contributed by atoms with Crippen LogP contribution in [0, 0.1) is 12.8 Å². The first kappa shape index (κ1) is 11.2. The quantitative estimate of drug-likeness (QED) is 0.712. The molecule has 1 atom stereocenters. The Balaban J connectivity index is 1.73. The standard InChI is InChI=1S/C12H19N3O/c1-9-11(4-7-14-9)12(16)15-6-3-10-2-5-13-8-10/h4,7,10,13-14H,2-3,5-6,8H2,1H3,(H,15,16). The Morgan fingerprint density at radius 3 is 3.12 bits per heavy atom. The van der Waals surface area contributed by atoms with Crippen LogP contribution >= 0.6 is 0 Å². The average molecular weight is 221 g/mol. The lowest BCUT2D eigenvalue weighted by molar-refractivity contribution is 0.0951. The van der Waals surface area contributed by atoms with Crippen LogP contribution in [0.2, 0.25) is 0 Å². The Bertz CT molecular complexity index is 353. The number of H-pyrrole nitrogens is 1. The fourth-order valence-corrected chi connectivity index (χ4v) is 2.14. The van der Waals surface area contributed by atoms with E-state index in [-0.39, 0.29) is 5.91 Å². The predicted octanol–water partition coefficient (Wildman–Crippen LogP) is 1.05. The van der Waals surface area contributed by atoms with Crippen LogP contribution in [0.4, 0.5) is 0 Å². The number of hydrogen-bond donors (Lipinski definition) is 3. The van der Waals surface area contributed by atoms with Crippen molar-refractivity contribution in [1.82, 2.24) is 15.6 Å². The predicted molar refractivity (Wildman–Crippen MR) is 63.5 cm³/mol. The van der Waals surface area contributed by atoms with E-state index in [0.29, 0.717) is 0 Å². The second kappa shape index (κ2) is 5.16.